The number of anilines is 1. The topological polar surface area (TPSA) is 38.0 Å². The molecular weight excluding hydrogens is 184 g/mol. The molecule has 2 nitrogen and oxygen atoms in total. The summed E-state index contributed by atoms with van der Waals surface area (Å²) in [5.41, 5.74) is 9.83. The van der Waals surface area contributed by atoms with Crippen LogP contribution < -0.4 is 11.1 Å². The summed E-state index contributed by atoms with van der Waals surface area (Å²) in [6.45, 7) is 4.10. The van der Waals surface area contributed by atoms with Crippen molar-refractivity contribution in [1.82, 2.24) is 0 Å². The zero-order valence-corrected chi connectivity index (χ0v) is 9.42. The second-order valence-electron chi connectivity index (χ2n) is 4.28. The molecule has 0 saturated heterocycles. The first-order chi connectivity index (χ1) is 7.35. The molecule has 0 fully saturated rings. The fraction of sp³-hybridized carbons (Fsp3) is 0.538. The van der Waals surface area contributed by atoms with Crippen LogP contribution in [-0.4, -0.2) is 13.1 Å². The van der Waals surface area contributed by atoms with E-state index in [1.165, 1.54) is 23.2 Å². The monoisotopic (exact) mass is 204 g/mol. The summed E-state index contributed by atoms with van der Waals surface area (Å²) in [7, 11) is 0. The lowest BCUT2D eigenvalue weighted by Crippen LogP contribution is -2.06. The van der Waals surface area contributed by atoms with E-state index in [4.69, 9.17) is 5.73 Å². The Balaban J connectivity index is 2.16. The molecule has 3 N–H and O–H groups in total. The highest BCUT2D eigenvalue weighted by Crippen LogP contribution is 2.34. The Morgan fingerprint density at radius 2 is 2.33 bits per heavy atom. The van der Waals surface area contributed by atoms with Crippen LogP contribution in [0.5, 0.6) is 0 Å². The molecule has 1 heterocycles. The van der Waals surface area contributed by atoms with Crippen LogP contribution in [0.3, 0.4) is 0 Å². The lowest BCUT2D eigenvalue weighted by atomic mass is 9.94. The van der Waals surface area contributed by atoms with Crippen molar-refractivity contribution < 1.29 is 0 Å². The summed E-state index contributed by atoms with van der Waals surface area (Å²) in [6, 6.07) is 6.80. The van der Waals surface area contributed by atoms with Gasteiger partial charge >= 0.3 is 0 Å². The number of hydrogen-bond donors (Lipinski definition) is 2. The summed E-state index contributed by atoms with van der Waals surface area (Å²) in [5.74, 6) is 0.676. The molecule has 1 aromatic carbocycles. The van der Waals surface area contributed by atoms with E-state index in [0.29, 0.717) is 5.92 Å². The van der Waals surface area contributed by atoms with Gasteiger partial charge < -0.3 is 11.1 Å². The predicted molar refractivity (Wildman–Crippen MR) is 65.3 cm³/mol. The molecule has 0 amide bonds. The van der Waals surface area contributed by atoms with Gasteiger partial charge in [-0.2, -0.15) is 0 Å². The number of nitrogens with two attached hydrogens (primary N) is 1. The molecule has 0 radical (unpaired) electrons. The van der Waals surface area contributed by atoms with Gasteiger partial charge in [0.1, 0.15) is 0 Å². The van der Waals surface area contributed by atoms with Gasteiger partial charge in [-0.15, -0.1) is 0 Å². The highest BCUT2D eigenvalue weighted by atomic mass is 14.9. The van der Waals surface area contributed by atoms with Gasteiger partial charge in [0.2, 0.25) is 0 Å². The largest absolute Gasteiger partial charge is 0.384 e. The second kappa shape index (κ2) is 4.67. The third kappa shape index (κ3) is 2.15. The first-order valence-corrected chi connectivity index (χ1v) is 5.92. The molecule has 0 spiro atoms. The van der Waals surface area contributed by atoms with Crippen LogP contribution in [-0.2, 0) is 6.42 Å². The summed E-state index contributed by atoms with van der Waals surface area (Å²) in [4.78, 5) is 0. The smallest absolute Gasteiger partial charge is 0.0376 e. The van der Waals surface area contributed by atoms with E-state index in [2.05, 4.69) is 30.4 Å². The lowest BCUT2D eigenvalue weighted by Gasteiger charge is -2.10. The lowest BCUT2D eigenvalue weighted by molar-refractivity contribution is 0.637. The van der Waals surface area contributed by atoms with Crippen LogP contribution in [0.4, 0.5) is 5.69 Å². The van der Waals surface area contributed by atoms with Crippen molar-refractivity contribution in [2.75, 3.05) is 18.4 Å². The average molecular weight is 204 g/mol. The van der Waals surface area contributed by atoms with Crippen LogP contribution in [0.1, 0.15) is 36.8 Å². The van der Waals surface area contributed by atoms with E-state index in [9.17, 15) is 0 Å². The number of nitrogens with one attached hydrogen (secondary N) is 1. The van der Waals surface area contributed by atoms with Gasteiger partial charge in [-0.05, 0) is 43.0 Å². The molecule has 0 aromatic heterocycles. The van der Waals surface area contributed by atoms with E-state index >= 15 is 0 Å². The van der Waals surface area contributed by atoms with Gasteiger partial charge in [0, 0.05) is 18.2 Å². The van der Waals surface area contributed by atoms with Crippen LogP contribution in [0.15, 0.2) is 18.2 Å². The summed E-state index contributed by atoms with van der Waals surface area (Å²) < 4.78 is 0. The van der Waals surface area contributed by atoms with Crippen molar-refractivity contribution in [1.29, 1.82) is 0 Å². The average Bonchev–Trinajstić information content (AvgIpc) is 2.68. The predicted octanol–water partition coefficient (Wildman–Crippen LogP) is 2.50. The molecule has 1 unspecified atom stereocenters. The van der Waals surface area contributed by atoms with Crippen LogP contribution in [0, 0.1) is 0 Å². The van der Waals surface area contributed by atoms with Crippen LogP contribution in [0.2, 0.25) is 0 Å². The molecule has 15 heavy (non-hydrogen) atoms. The molecule has 0 saturated carbocycles. The standard InChI is InChI=1S/C13H20N2/c1-2-10-5-6-13-12(8-10)11(9-15-13)4-3-7-14/h5-6,8,11,15H,2-4,7,9,14H2,1H3. The van der Waals surface area contributed by atoms with E-state index in [1.807, 2.05) is 0 Å². The van der Waals surface area contributed by atoms with Crippen molar-refractivity contribution in [2.24, 2.45) is 5.73 Å². The molecule has 1 aliphatic rings. The number of hydrogen-bond acceptors (Lipinski definition) is 2. The minimum Gasteiger partial charge on any atom is -0.384 e. The fourth-order valence-electron chi connectivity index (χ4n) is 2.30. The third-order valence-electron chi connectivity index (χ3n) is 3.26. The van der Waals surface area contributed by atoms with Crippen molar-refractivity contribution in [3.05, 3.63) is 29.3 Å². The highest BCUT2D eigenvalue weighted by Gasteiger charge is 2.21. The Labute approximate surface area is 91.9 Å². The second-order valence-corrected chi connectivity index (χ2v) is 4.28. The minimum atomic E-state index is 0.676. The Kier molecular flexibility index (Phi) is 3.27. The maximum atomic E-state index is 5.56. The normalized spacial score (nSPS) is 18.7. The molecule has 82 valence electrons. The van der Waals surface area contributed by atoms with Gasteiger partial charge in [0.15, 0.2) is 0 Å². The number of rotatable bonds is 4. The minimum absolute atomic E-state index is 0.676. The van der Waals surface area contributed by atoms with Crippen molar-refractivity contribution in [3.8, 4) is 0 Å². The molecule has 0 bridgehead atoms. The number of benzene rings is 1. The van der Waals surface area contributed by atoms with Crippen molar-refractivity contribution in [3.63, 3.8) is 0 Å². The van der Waals surface area contributed by atoms with Gasteiger partial charge in [-0.3, -0.25) is 0 Å². The molecular formula is C13H20N2. The molecule has 2 rings (SSSR count). The quantitative estimate of drug-likeness (QED) is 0.790. The summed E-state index contributed by atoms with van der Waals surface area (Å²) in [5, 5.41) is 3.47. The summed E-state index contributed by atoms with van der Waals surface area (Å²) >= 11 is 0. The zero-order valence-electron chi connectivity index (χ0n) is 9.42. The van der Waals surface area contributed by atoms with Gasteiger partial charge in [-0.25, -0.2) is 0 Å². The van der Waals surface area contributed by atoms with Crippen molar-refractivity contribution in [2.45, 2.75) is 32.1 Å². The molecule has 1 aromatic rings. The number of aryl methyl sites for hydroxylation is 1. The Hall–Kier alpha value is -1.02. The molecule has 0 aliphatic carbocycles. The maximum Gasteiger partial charge on any atom is 0.0376 e. The Morgan fingerprint density at radius 3 is 3.07 bits per heavy atom. The SMILES string of the molecule is CCc1ccc2c(c1)C(CCCN)CN2. The van der Waals surface area contributed by atoms with E-state index < -0.39 is 0 Å². The van der Waals surface area contributed by atoms with E-state index in [1.54, 1.807) is 0 Å². The van der Waals surface area contributed by atoms with E-state index in [0.717, 1.165) is 25.9 Å². The zero-order chi connectivity index (χ0) is 10.7. The van der Waals surface area contributed by atoms with Crippen LogP contribution in [0.25, 0.3) is 0 Å². The first kappa shape index (κ1) is 10.5. The Morgan fingerprint density at radius 1 is 1.47 bits per heavy atom. The summed E-state index contributed by atoms with van der Waals surface area (Å²) in [6.07, 6.45) is 3.46. The van der Waals surface area contributed by atoms with Crippen molar-refractivity contribution >= 4 is 5.69 Å². The maximum absolute atomic E-state index is 5.56. The van der Waals surface area contributed by atoms with Gasteiger partial charge in [0.25, 0.3) is 0 Å². The Bertz CT molecular complexity index is 333. The molecule has 1 atom stereocenters. The molecule has 1 aliphatic heterocycles. The third-order valence-corrected chi connectivity index (χ3v) is 3.26. The van der Waals surface area contributed by atoms with Gasteiger partial charge in [0.05, 0.1) is 0 Å². The number of fused-ring (bicyclic) bond motifs is 1. The molecule has 2 heteroatoms. The fourth-order valence-corrected chi connectivity index (χ4v) is 2.30. The van der Waals surface area contributed by atoms with E-state index in [-0.39, 0.29) is 0 Å². The van der Waals surface area contributed by atoms with Crippen LogP contribution >= 0.6 is 0 Å². The first-order valence-electron chi connectivity index (χ1n) is 5.92. The van der Waals surface area contributed by atoms with Gasteiger partial charge in [-0.1, -0.05) is 19.1 Å². The highest BCUT2D eigenvalue weighted by molar-refractivity contribution is 5.58.